The summed E-state index contributed by atoms with van der Waals surface area (Å²) in [7, 11) is 0. The molecule has 16 heavy (non-hydrogen) atoms. The lowest BCUT2D eigenvalue weighted by Gasteiger charge is -2.08. The molecule has 1 aromatic heterocycles. The van der Waals surface area contributed by atoms with Gasteiger partial charge in [0.1, 0.15) is 0 Å². The molecule has 0 fully saturated rings. The molecular weight excluding hydrogens is 224 g/mol. The van der Waals surface area contributed by atoms with E-state index in [0.29, 0.717) is 11.1 Å². The van der Waals surface area contributed by atoms with Gasteiger partial charge in [0, 0.05) is 12.7 Å². The van der Waals surface area contributed by atoms with Crippen molar-refractivity contribution in [2.45, 2.75) is 38.0 Å². The van der Waals surface area contributed by atoms with Crippen molar-refractivity contribution >= 4 is 11.8 Å². The normalized spacial score (nSPS) is 12.3. The predicted molar refractivity (Wildman–Crippen MR) is 62.1 cm³/mol. The summed E-state index contributed by atoms with van der Waals surface area (Å²) in [6, 6.07) is 2.15. The maximum atomic E-state index is 8.88. The fourth-order valence-electron chi connectivity index (χ4n) is 1.13. The number of aromatic nitrogens is 2. The summed E-state index contributed by atoms with van der Waals surface area (Å²) in [5.41, 5.74) is 0. The van der Waals surface area contributed by atoms with E-state index >= 15 is 0 Å². The summed E-state index contributed by atoms with van der Waals surface area (Å²) >= 11 is 1.49. The first kappa shape index (κ1) is 13.0. The highest BCUT2D eigenvalue weighted by Gasteiger charge is 2.08. The van der Waals surface area contributed by atoms with Crippen LogP contribution in [0.3, 0.4) is 0 Å². The van der Waals surface area contributed by atoms with Crippen molar-refractivity contribution in [1.82, 2.24) is 15.5 Å². The van der Waals surface area contributed by atoms with Gasteiger partial charge in [0.05, 0.1) is 12.1 Å². The lowest BCUT2D eigenvalue weighted by molar-refractivity contribution is 0.429. The maximum absolute atomic E-state index is 8.88. The molecule has 1 unspecified atom stereocenters. The van der Waals surface area contributed by atoms with Crippen LogP contribution in [-0.2, 0) is 0 Å². The van der Waals surface area contributed by atoms with Crippen LogP contribution in [0.15, 0.2) is 9.64 Å². The zero-order chi connectivity index (χ0) is 11.8. The SMILES string of the molecule is CCCNC(C#N)CCSc1nnc(C)o1. The second kappa shape index (κ2) is 7.25. The number of nitriles is 1. The van der Waals surface area contributed by atoms with E-state index < -0.39 is 0 Å². The number of aryl methyl sites for hydroxylation is 1. The van der Waals surface area contributed by atoms with Crippen LogP contribution in [0.5, 0.6) is 0 Å². The van der Waals surface area contributed by atoms with Gasteiger partial charge in [-0.3, -0.25) is 0 Å². The summed E-state index contributed by atoms with van der Waals surface area (Å²) in [5, 5.41) is 20.2. The minimum absolute atomic E-state index is 0.0866. The Balaban J connectivity index is 2.21. The minimum Gasteiger partial charge on any atom is -0.416 e. The Morgan fingerprint density at radius 1 is 1.56 bits per heavy atom. The molecule has 6 heteroatoms. The van der Waals surface area contributed by atoms with Crippen LogP contribution >= 0.6 is 11.8 Å². The molecule has 5 nitrogen and oxygen atoms in total. The highest BCUT2D eigenvalue weighted by Crippen LogP contribution is 2.17. The fourth-order valence-corrected chi connectivity index (χ4v) is 1.94. The standard InChI is InChI=1S/C10H16N4OS/c1-3-5-12-9(7-11)4-6-16-10-14-13-8(2)15-10/h9,12H,3-6H2,1-2H3. The Labute approximate surface area is 99.6 Å². The van der Waals surface area contributed by atoms with Gasteiger partial charge in [-0.05, 0) is 19.4 Å². The van der Waals surface area contributed by atoms with Gasteiger partial charge in [-0.2, -0.15) is 5.26 Å². The largest absolute Gasteiger partial charge is 0.416 e. The molecule has 0 aliphatic carbocycles. The molecule has 88 valence electrons. The topological polar surface area (TPSA) is 74.7 Å². The van der Waals surface area contributed by atoms with Crippen LogP contribution in [0, 0.1) is 18.3 Å². The van der Waals surface area contributed by atoms with Gasteiger partial charge in [-0.25, -0.2) is 0 Å². The van der Waals surface area contributed by atoms with Crippen molar-refractivity contribution in [2.24, 2.45) is 0 Å². The van der Waals surface area contributed by atoms with E-state index in [2.05, 4.69) is 28.5 Å². The first-order valence-corrected chi connectivity index (χ1v) is 6.30. The molecule has 1 heterocycles. The van der Waals surface area contributed by atoms with Gasteiger partial charge in [-0.15, -0.1) is 10.2 Å². The first-order valence-electron chi connectivity index (χ1n) is 5.32. The molecule has 1 rings (SSSR count). The molecule has 0 aromatic carbocycles. The van der Waals surface area contributed by atoms with Gasteiger partial charge in [0.25, 0.3) is 5.22 Å². The molecule has 1 atom stereocenters. The van der Waals surface area contributed by atoms with E-state index in [1.54, 1.807) is 6.92 Å². The van der Waals surface area contributed by atoms with Crippen molar-refractivity contribution in [3.8, 4) is 6.07 Å². The zero-order valence-corrected chi connectivity index (χ0v) is 10.4. The Kier molecular flexibility index (Phi) is 5.90. The highest BCUT2D eigenvalue weighted by molar-refractivity contribution is 7.99. The zero-order valence-electron chi connectivity index (χ0n) is 9.56. The third-order valence-corrected chi connectivity index (χ3v) is 2.79. The van der Waals surface area contributed by atoms with E-state index in [9.17, 15) is 0 Å². The van der Waals surface area contributed by atoms with Crippen LogP contribution in [0.4, 0.5) is 0 Å². The summed E-state index contributed by atoms with van der Waals surface area (Å²) < 4.78 is 5.22. The van der Waals surface area contributed by atoms with Crippen LogP contribution in [-0.4, -0.2) is 28.5 Å². The van der Waals surface area contributed by atoms with Gasteiger partial charge in [0.15, 0.2) is 0 Å². The third-order valence-electron chi connectivity index (χ3n) is 1.94. The Hall–Kier alpha value is -1.06. The van der Waals surface area contributed by atoms with Crippen molar-refractivity contribution in [3.05, 3.63) is 5.89 Å². The molecule has 0 aliphatic heterocycles. The molecular formula is C10H16N4OS. The second-order valence-corrected chi connectivity index (χ2v) is 4.41. The fraction of sp³-hybridized carbons (Fsp3) is 0.700. The molecule has 0 amide bonds. The Morgan fingerprint density at radius 2 is 2.38 bits per heavy atom. The summed E-state index contributed by atoms with van der Waals surface area (Å²) in [6.45, 7) is 4.72. The average molecular weight is 240 g/mol. The molecule has 0 saturated heterocycles. The quantitative estimate of drug-likeness (QED) is 0.732. The van der Waals surface area contributed by atoms with E-state index in [-0.39, 0.29) is 6.04 Å². The number of rotatable bonds is 7. The molecule has 0 saturated carbocycles. The van der Waals surface area contributed by atoms with E-state index in [0.717, 1.165) is 25.1 Å². The smallest absolute Gasteiger partial charge is 0.276 e. The monoisotopic (exact) mass is 240 g/mol. The van der Waals surface area contributed by atoms with Crippen LogP contribution in [0.2, 0.25) is 0 Å². The minimum atomic E-state index is -0.0866. The number of nitrogens with zero attached hydrogens (tertiary/aromatic N) is 3. The van der Waals surface area contributed by atoms with Crippen LogP contribution < -0.4 is 5.32 Å². The van der Waals surface area contributed by atoms with Crippen molar-refractivity contribution < 1.29 is 4.42 Å². The average Bonchev–Trinajstić information content (AvgIpc) is 2.69. The number of hydrogen-bond donors (Lipinski definition) is 1. The van der Waals surface area contributed by atoms with E-state index in [1.807, 2.05) is 0 Å². The molecule has 0 bridgehead atoms. The summed E-state index contributed by atoms with van der Waals surface area (Å²) in [4.78, 5) is 0. The van der Waals surface area contributed by atoms with Crippen molar-refractivity contribution in [2.75, 3.05) is 12.3 Å². The molecule has 1 aromatic rings. The summed E-state index contributed by atoms with van der Waals surface area (Å²) in [6.07, 6.45) is 1.82. The number of hydrogen-bond acceptors (Lipinski definition) is 6. The molecule has 0 spiro atoms. The van der Waals surface area contributed by atoms with Gasteiger partial charge in [-0.1, -0.05) is 18.7 Å². The number of thioether (sulfide) groups is 1. The van der Waals surface area contributed by atoms with Gasteiger partial charge in [0.2, 0.25) is 5.89 Å². The Morgan fingerprint density at radius 3 is 2.94 bits per heavy atom. The first-order chi connectivity index (χ1) is 7.76. The highest BCUT2D eigenvalue weighted by atomic mass is 32.2. The van der Waals surface area contributed by atoms with Crippen LogP contribution in [0.1, 0.15) is 25.7 Å². The third kappa shape index (κ3) is 4.64. The van der Waals surface area contributed by atoms with Gasteiger partial charge < -0.3 is 9.73 Å². The molecule has 0 aliphatic rings. The van der Waals surface area contributed by atoms with Crippen molar-refractivity contribution in [3.63, 3.8) is 0 Å². The lowest BCUT2D eigenvalue weighted by Crippen LogP contribution is -2.28. The van der Waals surface area contributed by atoms with Crippen LogP contribution in [0.25, 0.3) is 0 Å². The van der Waals surface area contributed by atoms with Crippen molar-refractivity contribution in [1.29, 1.82) is 5.26 Å². The van der Waals surface area contributed by atoms with E-state index in [4.69, 9.17) is 9.68 Å². The Bertz CT molecular complexity index is 347. The van der Waals surface area contributed by atoms with Gasteiger partial charge >= 0.3 is 0 Å². The van der Waals surface area contributed by atoms with E-state index in [1.165, 1.54) is 11.8 Å². The molecule has 0 radical (unpaired) electrons. The maximum Gasteiger partial charge on any atom is 0.276 e. The molecule has 1 N–H and O–H groups in total. The predicted octanol–water partition coefficient (Wildman–Crippen LogP) is 1.75. The lowest BCUT2D eigenvalue weighted by atomic mass is 10.2. The second-order valence-electron chi connectivity index (χ2n) is 3.36. The summed E-state index contributed by atoms with van der Waals surface area (Å²) in [5.74, 6) is 1.37. The number of nitrogens with one attached hydrogen (secondary N) is 1.